The molecule has 0 aliphatic heterocycles. The molecule has 0 saturated carbocycles. The normalized spacial score (nSPS) is 12.1. The SMILES string of the molecule is CN(C(=O)c1ccc(NS(C)(=O)=O)cc1)C(C)(C)CO. The predicted molar refractivity (Wildman–Crippen MR) is 78.2 cm³/mol. The van der Waals surface area contributed by atoms with Gasteiger partial charge in [-0.1, -0.05) is 0 Å². The second kappa shape index (κ2) is 5.80. The van der Waals surface area contributed by atoms with Crippen molar-refractivity contribution in [2.45, 2.75) is 19.4 Å². The zero-order valence-electron chi connectivity index (χ0n) is 12.0. The summed E-state index contributed by atoms with van der Waals surface area (Å²) in [6.45, 7) is 3.36. The maximum absolute atomic E-state index is 12.2. The number of nitrogens with zero attached hydrogens (tertiary/aromatic N) is 1. The molecule has 0 saturated heterocycles. The van der Waals surface area contributed by atoms with Crippen LogP contribution in [0, 0.1) is 0 Å². The van der Waals surface area contributed by atoms with Gasteiger partial charge in [0.05, 0.1) is 18.4 Å². The molecular formula is C13H20N2O4S. The molecule has 0 spiro atoms. The lowest BCUT2D eigenvalue weighted by atomic mass is 10.0. The molecule has 0 aliphatic carbocycles. The van der Waals surface area contributed by atoms with Crippen molar-refractivity contribution in [2.75, 3.05) is 24.6 Å². The van der Waals surface area contributed by atoms with Crippen LogP contribution >= 0.6 is 0 Å². The van der Waals surface area contributed by atoms with Crippen LogP contribution in [-0.2, 0) is 10.0 Å². The number of nitrogens with one attached hydrogen (secondary N) is 1. The zero-order valence-corrected chi connectivity index (χ0v) is 12.9. The van der Waals surface area contributed by atoms with E-state index in [-0.39, 0.29) is 12.5 Å². The summed E-state index contributed by atoms with van der Waals surface area (Å²) in [5.74, 6) is -0.241. The fourth-order valence-electron chi connectivity index (χ4n) is 1.47. The van der Waals surface area contributed by atoms with Gasteiger partial charge < -0.3 is 10.0 Å². The lowest BCUT2D eigenvalue weighted by Crippen LogP contribution is -2.47. The summed E-state index contributed by atoms with van der Waals surface area (Å²) in [4.78, 5) is 13.7. The highest BCUT2D eigenvalue weighted by Crippen LogP contribution is 2.17. The molecule has 20 heavy (non-hydrogen) atoms. The van der Waals surface area contributed by atoms with Gasteiger partial charge in [0.1, 0.15) is 0 Å². The first-order valence-corrected chi connectivity index (χ1v) is 7.93. The smallest absolute Gasteiger partial charge is 0.254 e. The molecule has 0 unspecified atom stereocenters. The van der Waals surface area contributed by atoms with E-state index in [4.69, 9.17) is 0 Å². The maximum Gasteiger partial charge on any atom is 0.254 e. The fraction of sp³-hybridized carbons (Fsp3) is 0.462. The lowest BCUT2D eigenvalue weighted by Gasteiger charge is -2.34. The first-order chi connectivity index (χ1) is 9.07. The van der Waals surface area contributed by atoms with Gasteiger partial charge in [-0.25, -0.2) is 8.42 Å². The topological polar surface area (TPSA) is 86.7 Å². The molecule has 6 nitrogen and oxygen atoms in total. The monoisotopic (exact) mass is 300 g/mol. The van der Waals surface area contributed by atoms with E-state index >= 15 is 0 Å². The Morgan fingerprint density at radius 1 is 1.30 bits per heavy atom. The van der Waals surface area contributed by atoms with E-state index in [1.807, 2.05) is 0 Å². The highest BCUT2D eigenvalue weighted by molar-refractivity contribution is 7.92. The molecule has 0 bridgehead atoms. The summed E-state index contributed by atoms with van der Waals surface area (Å²) in [6, 6.07) is 6.13. The van der Waals surface area contributed by atoms with Crippen LogP contribution in [0.4, 0.5) is 5.69 Å². The molecule has 2 N–H and O–H groups in total. The maximum atomic E-state index is 12.2. The van der Waals surface area contributed by atoms with Crippen LogP contribution in [0.25, 0.3) is 0 Å². The standard InChI is InChI=1S/C13H20N2O4S/c1-13(2,9-16)15(3)12(17)10-5-7-11(8-6-10)14-20(4,18)19/h5-8,14,16H,9H2,1-4H3. The molecule has 1 amide bonds. The molecule has 0 fully saturated rings. The second-order valence-corrected chi connectivity index (χ2v) is 7.03. The lowest BCUT2D eigenvalue weighted by molar-refractivity contribution is 0.0473. The van der Waals surface area contributed by atoms with E-state index < -0.39 is 15.6 Å². The molecule has 0 atom stereocenters. The van der Waals surface area contributed by atoms with Crippen molar-refractivity contribution in [1.82, 2.24) is 4.90 Å². The van der Waals surface area contributed by atoms with Gasteiger partial charge in [0.2, 0.25) is 10.0 Å². The Kier molecular flexibility index (Phi) is 4.77. The number of carbonyl (C=O) groups excluding carboxylic acids is 1. The Morgan fingerprint density at radius 2 is 1.80 bits per heavy atom. The Balaban J connectivity index is 2.91. The summed E-state index contributed by atoms with van der Waals surface area (Å²) >= 11 is 0. The highest BCUT2D eigenvalue weighted by Gasteiger charge is 2.27. The van der Waals surface area contributed by atoms with E-state index in [9.17, 15) is 18.3 Å². The molecule has 1 rings (SSSR count). The first-order valence-electron chi connectivity index (χ1n) is 6.04. The predicted octanol–water partition coefficient (Wildman–Crippen LogP) is 0.901. The van der Waals surface area contributed by atoms with Crippen LogP contribution in [0.1, 0.15) is 24.2 Å². The third kappa shape index (κ3) is 4.21. The third-order valence-electron chi connectivity index (χ3n) is 3.03. The van der Waals surface area contributed by atoms with Gasteiger partial charge in [-0.05, 0) is 38.1 Å². The molecule has 0 radical (unpaired) electrons. The van der Waals surface area contributed by atoms with Crippen LogP contribution in [0.5, 0.6) is 0 Å². The van der Waals surface area contributed by atoms with Crippen LogP contribution < -0.4 is 4.72 Å². The molecule has 0 aromatic heterocycles. The number of benzene rings is 1. The van der Waals surface area contributed by atoms with Gasteiger partial charge in [0.25, 0.3) is 5.91 Å². The average Bonchev–Trinajstić information content (AvgIpc) is 2.36. The van der Waals surface area contributed by atoms with Gasteiger partial charge in [0.15, 0.2) is 0 Å². The van der Waals surface area contributed by atoms with Crippen LogP contribution in [0.15, 0.2) is 24.3 Å². The number of amides is 1. The average molecular weight is 300 g/mol. The van der Waals surface area contributed by atoms with E-state index in [1.165, 1.54) is 17.0 Å². The number of aliphatic hydroxyl groups is 1. The zero-order chi connectivity index (χ0) is 15.6. The van der Waals surface area contributed by atoms with Crippen molar-refractivity contribution < 1.29 is 18.3 Å². The van der Waals surface area contributed by atoms with E-state index in [1.54, 1.807) is 33.0 Å². The van der Waals surface area contributed by atoms with Gasteiger partial charge in [-0.15, -0.1) is 0 Å². The number of sulfonamides is 1. The number of hydrogen-bond donors (Lipinski definition) is 2. The van der Waals surface area contributed by atoms with Crippen LogP contribution in [0.3, 0.4) is 0 Å². The Labute approximate surface area is 119 Å². The summed E-state index contributed by atoms with van der Waals surface area (Å²) in [5, 5.41) is 9.26. The molecule has 0 heterocycles. The van der Waals surface area contributed by atoms with Crippen molar-refractivity contribution in [3.8, 4) is 0 Å². The number of likely N-dealkylation sites (N-methyl/N-ethyl adjacent to an activating group) is 1. The van der Waals surface area contributed by atoms with Crippen molar-refractivity contribution in [3.05, 3.63) is 29.8 Å². The number of rotatable bonds is 5. The van der Waals surface area contributed by atoms with Crippen LogP contribution in [0.2, 0.25) is 0 Å². The van der Waals surface area contributed by atoms with E-state index in [0.717, 1.165) is 6.26 Å². The van der Waals surface area contributed by atoms with E-state index in [0.29, 0.717) is 11.3 Å². The van der Waals surface area contributed by atoms with Gasteiger partial charge >= 0.3 is 0 Å². The number of hydrogen-bond acceptors (Lipinski definition) is 4. The number of aliphatic hydroxyl groups excluding tert-OH is 1. The third-order valence-corrected chi connectivity index (χ3v) is 3.64. The Hall–Kier alpha value is -1.60. The molecule has 112 valence electrons. The van der Waals surface area contributed by atoms with Gasteiger partial charge in [-0.3, -0.25) is 9.52 Å². The number of anilines is 1. The summed E-state index contributed by atoms with van der Waals surface area (Å²) in [7, 11) is -1.72. The van der Waals surface area contributed by atoms with E-state index in [2.05, 4.69) is 4.72 Å². The molecule has 0 aliphatic rings. The summed E-state index contributed by atoms with van der Waals surface area (Å²) < 4.78 is 24.5. The van der Waals surface area contributed by atoms with Crippen molar-refractivity contribution in [3.63, 3.8) is 0 Å². The largest absolute Gasteiger partial charge is 0.394 e. The Bertz CT molecular complexity index is 579. The Morgan fingerprint density at radius 3 is 2.20 bits per heavy atom. The van der Waals surface area contributed by atoms with Gasteiger partial charge in [0, 0.05) is 18.3 Å². The minimum atomic E-state index is -3.33. The number of carbonyl (C=O) groups is 1. The second-order valence-electron chi connectivity index (χ2n) is 5.29. The minimum Gasteiger partial charge on any atom is -0.394 e. The molecule has 7 heteroatoms. The summed E-state index contributed by atoms with van der Waals surface area (Å²) in [5.41, 5.74) is 0.155. The van der Waals surface area contributed by atoms with Gasteiger partial charge in [-0.2, -0.15) is 0 Å². The quantitative estimate of drug-likeness (QED) is 0.846. The molecule has 1 aromatic rings. The first kappa shape index (κ1) is 16.5. The minimum absolute atomic E-state index is 0.150. The van der Waals surface area contributed by atoms with Crippen LogP contribution in [-0.4, -0.2) is 49.8 Å². The summed E-state index contributed by atoms with van der Waals surface area (Å²) in [6.07, 6.45) is 1.06. The molecule has 1 aromatic carbocycles. The highest BCUT2D eigenvalue weighted by atomic mass is 32.2. The fourth-order valence-corrected chi connectivity index (χ4v) is 2.03. The van der Waals surface area contributed by atoms with Crippen molar-refractivity contribution >= 4 is 21.6 Å². The molecular weight excluding hydrogens is 280 g/mol. The van der Waals surface area contributed by atoms with Crippen molar-refractivity contribution in [2.24, 2.45) is 0 Å². The van der Waals surface area contributed by atoms with Crippen molar-refractivity contribution in [1.29, 1.82) is 0 Å².